The van der Waals surface area contributed by atoms with E-state index in [2.05, 4.69) is 10.6 Å². The summed E-state index contributed by atoms with van der Waals surface area (Å²) in [5.74, 6) is -1.37. The Bertz CT molecular complexity index is 1530. The fraction of sp³-hybridized carbons (Fsp3) is 0.278. The number of carbonyl (C=O) groups is 2. The standard InChI is InChI=1S/C36H37F3N2O4.ClH/c1-45-34-28(13-8-14-32(34)36(37,38)39)18-20-40-21-19-29-23-25(15-16-30(29)35(43)44)17-22-41-33(42)24-31(26-9-4-2-5-10-26)27-11-6-3-7-12-27;/h2-16,23,31,40H,17-22,24H2,1H3,(H,41,42)(H,43,44);1H. The first-order chi connectivity index (χ1) is 21.7. The number of rotatable bonds is 15. The maximum Gasteiger partial charge on any atom is 0.419 e. The van der Waals surface area contributed by atoms with E-state index in [1.54, 1.807) is 18.2 Å². The lowest BCUT2D eigenvalue weighted by Crippen LogP contribution is -2.27. The summed E-state index contributed by atoms with van der Waals surface area (Å²) in [6.45, 7) is 1.22. The van der Waals surface area contributed by atoms with Gasteiger partial charge in [0.05, 0.1) is 18.2 Å². The van der Waals surface area contributed by atoms with Crippen LogP contribution >= 0.6 is 12.4 Å². The van der Waals surface area contributed by atoms with Crippen LogP contribution in [0, 0.1) is 0 Å². The van der Waals surface area contributed by atoms with Crippen LogP contribution in [0.2, 0.25) is 0 Å². The van der Waals surface area contributed by atoms with E-state index in [4.69, 9.17) is 4.74 Å². The summed E-state index contributed by atoms with van der Waals surface area (Å²) in [7, 11) is 1.22. The molecule has 0 bridgehead atoms. The molecule has 0 radical (unpaired) electrons. The molecule has 3 N–H and O–H groups in total. The third kappa shape index (κ3) is 10.1. The molecule has 0 saturated heterocycles. The molecule has 6 nitrogen and oxygen atoms in total. The third-order valence-electron chi connectivity index (χ3n) is 7.68. The van der Waals surface area contributed by atoms with Crippen molar-refractivity contribution in [1.82, 2.24) is 10.6 Å². The van der Waals surface area contributed by atoms with E-state index in [1.165, 1.54) is 13.2 Å². The van der Waals surface area contributed by atoms with Crippen LogP contribution in [0.3, 0.4) is 0 Å². The molecule has 4 rings (SSSR count). The van der Waals surface area contributed by atoms with Crippen LogP contribution in [0.1, 0.15) is 56.1 Å². The van der Waals surface area contributed by atoms with Crippen LogP contribution in [0.4, 0.5) is 13.2 Å². The van der Waals surface area contributed by atoms with E-state index >= 15 is 0 Å². The first kappa shape index (κ1) is 36.1. The Morgan fingerprint density at radius 1 is 0.783 bits per heavy atom. The number of alkyl halides is 3. The van der Waals surface area contributed by atoms with Crippen LogP contribution in [0.5, 0.6) is 5.75 Å². The van der Waals surface area contributed by atoms with Crippen molar-refractivity contribution < 1.29 is 32.6 Å². The Balaban J connectivity index is 0.00000576. The summed E-state index contributed by atoms with van der Waals surface area (Å²) in [5, 5.41) is 15.9. The van der Waals surface area contributed by atoms with Crippen molar-refractivity contribution in [3.8, 4) is 5.75 Å². The zero-order valence-electron chi connectivity index (χ0n) is 25.5. The molecule has 244 valence electrons. The highest BCUT2D eigenvalue weighted by Crippen LogP contribution is 2.38. The van der Waals surface area contributed by atoms with Gasteiger partial charge < -0.3 is 20.5 Å². The second kappa shape index (κ2) is 17.4. The maximum absolute atomic E-state index is 13.3. The van der Waals surface area contributed by atoms with Crippen LogP contribution in [0.25, 0.3) is 0 Å². The van der Waals surface area contributed by atoms with E-state index in [0.717, 1.165) is 22.8 Å². The number of nitrogens with one attached hydrogen (secondary N) is 2. The second-order valence-corrected chi connectivity index (χ2v) is 10.7. The number of aromatic carboxylic acids is 1. The Kier molecular flexibility index (Phi) is 13.7. The fourth-order valence-electron chi connectivity index (χ4n) is 5.44. The molecule has 0 aliphatic carbocycles. The smallest absolute Gasteiger partial charge is 0.419 e. The van der Waals surface area contributed by atoms with Gasteiger partial charge in [-0.3, -0.25) is 4.79 Å². The number of hydrogen-bond donors (Lipinski definition) is 3. The molecule has 4 aromatic carbocycles. The number of para-hydroxylation sites is 1. The monoisotopic (exact) mass is 654 g/mol. The van der Waals surface area contributed by atoms with Gasteiger partial charge in [-0.05, 0) is 72.3 Å². The zero-order valence-corrected chi connectivity index (χ0v) is 26.3. The molecule has 10 heteroatoms. The number of hydrogen-bond acceptors (Lipinski definition) is 4. The van der Waals surface area contributed by atoms with Crippen molar-refractivity contribution in [1.29, 1.82) is 0 Å². The third-order valence-corrected chi connectivity index (χ3v) is 7.68. The molecule has 0 heterocycles. The molecule has 0 unspecified atom stereocenters. The summed E-state index contributed by atoms with van der Waals surface area (Å²) < 4.78 is 45.0. The topological polar surface area (TPSA) is 87.7 Å². The van der Waals surface area contributed by atoms with E-state index in [0.29, 0.717) is 56.4 Å². The molecule has 4 aromatic rings. The van der Waals surface area contributed by atoms with Gasteiger partial charge in [0.1, 0.15) is 5.75 Å². The Hall–Kier alpha value is -4.34. The van der Waals surface area contributed by atoms with Gasteiger partial charge in [-0.2, -0.15) is 13.2 Å². The predicted molar refractivity (Wildman–Crippen MR) is 175 cm³/mol. The Labute approximate surface area is 273 Å². The first-order valence-corrected chi connectivity index (χ1v) is 14.8. The maximum atomic E-state index is 13.3. The molecular formula is C36H38ClF3N2O4. The average molecular weight is 655 g/mol. The quantitative estimate of drug-likeness (QED) is 0.119. The van der Waals surface area contributed by atoms with Crippen LogP contribution in [0.15, 0.2) is 97.1 Å². The Morgan fingerprint density at radius 3 is 1.96 bits per heavy atom. The summed E-state index contributed by atoms with van der Waals surface area (Å²) in [6, 6.07) is 29.0. The first-order valence-electron chi connectivity index (χ1n) is 14.8. The molecule has 0 aliphatic heterocycles. The molecule has 0 fully saturated rings. The normalized spacial score (nSPS) is 11.2. The highest BCUT2D eigenvalue weighted by atomic mass is 35.5. The van der Waals surface area contributed by atoms with E-state index in [-0.39, 0.29) is 35.5 Å². The van der Waals surface area contributed by atoms with Crippen molar-refractivity contribution >= 4 is 24.3 Å². The van der Waals surface area contributed by atoms with Gasteiger partial charge in [0, 0.05) is 18.9 Å². The SMILES string of the molecule is COc1c(CCNCCc2cc(CCNC(=O)CC(c3ccccc3)c3ccccc3)ccc2C(=O)O)cccc1C(F)(F)F.Cl. The second-order valence-electron chi connectivity index (χ2n) is 10.7. The van der Waals surface area contributed by atoms with Gasteiger partial charge in [0.15, 0.2) is 0 Å². The molecule has 0 spiro atoms. The summed E-state index contributed by atoms with van der Waals surface area (Å²) >= 11 is 0. The number of methoxy groups -OCH3 is 1. The van der Waals surface area contributed by atoms with Crippen LogP contribution in [-0.4, -0.2) is 43.7 Å². The highest BCUT2D eigenvalue weighted by Gasteiger charge is 2.35. The van der Waals surface area contributed by atoms with Gasteiger partial charge >= 0.3 is 12.1 Å². The number of carboxylic acids is 1. The minimum atomic E-state index is -4.51. The molecule has 46 heavy (non-hydrogen) atoms. The lowest BCUT2D eigenvalue weighted by molar-refractivity contribution is -0.138. The van der Waals surface area contributed by atoms with Crippen molar-refractivity contribution in [3.05, 3.63) is 136 Å². The number of ether oxygens (including phenoxy) is 1. The van der Waals surface area contributed by atoms with Gasteiger partial charge in [-0.1, -0.05) is 84.9 Å². The van der Waals surface area contributed by atoms with Gasteiger partial charge in [0.2, 0.25) is 5.91 Å². The number of carboxylic acid groups (broad SMARTS) is 1. The van der Waals surface area contributed by atoms with Gasteiger partial charge in [0.25, 0.3) is 0 Å². The summed E-state index contributed by atoms with van der Waals surface area (Å²) in [4.78, 5) is 24.8. The molecule has 0 atom stereocenters. The summed E-state index contributed by atoms with van der Waals surface area (Å²) in [5.41, 5.74) is 3.49. The van der Waals surface area contributed by atoms with E-state index in [9.17, 15) is 27.9 Å². The van der Waals surface area contributed by atoms with Gasteiger partial charge in [-0.25, -0.2) is 4.79 Å². The Morgan fingerprint density at radius 2 is 1.39 bits per heavy atom. The fourth-order valence-corrected chi connectivity index (χ4v) is 5.44. The molecule has 0 aliphatic rings. The van der Waals surface area contributed by atoms with E-state index < -0.39 is 17.7 Å². The van der Waals surface area contributed by atoms with Crippen molar-refractivity contribution in [2.24, 2.45) is 0 Å². The molecule has 1 amide bonds. The molecule has 0 saturated carbocycles. The number of benzene rings is 4. The lowest BCUT2D eigenvalue weighted by atomic mass is 9.88. The molecule has 0 aromatic heterocycles. The molecular weight excluding hydrogens is 617 g/mol. The zero-order chi connectivity index (χ0) is 32.2. The van der Waals surface area contributed by atoms with Crippen molar-refractivity contribution in [2.75, 3.05) is 26.7 Å². The minimum Gasteiger partial charge on any atom is -0.496 e. The highest BCUT2D eigenvalue weighted by molar-refractivity contribution is 5.89. The average Bonchev–Trinajstić information content (AvgIpc) is 3.03. The van der Waals surface area contributed by atoms with E-state index in [1.807, 2.05) is 66.7 Å². The largest absolute Gasteiger partial charge is 0.496 e. The number of amides is 1. The minimum absolute atomic E-state index is 0. The van der Waals surface area contributed by atoms with Crippen LogP contribution in [-0.2, 0) is 30.2 Å². The van der Waals surface area contributed by atoms with Gasteiger partial charge in [-0.15, -0.1) is 12.4 Å². The number of carbonyl (C=O) groups excluding carboxylic acids is 1. The summed E-state index contributed by atoms with van der Waals surface area (Å²) in [6.07, 6.45) is -2.95. The number of halogens is 4. The van der Waals surface area contributed by atoms with Crippen molar-refractivity contribution in [3.63, 3.8) is 0 Å². The van der Waals surface area contributed by atoms with Crippen LogP contribution < -0.4 is 15.4 Å². The lowest BCUT2D eigenvalue weighted by Gasteiger charge is -2.18. The van der Waals surface area contributed by atoms with Crippen molar-refractivity contribution in [2.45, 2.75) is 37.8 Å². The predicted octanol–water partition coefficient (Wildman–Crippen LogP) is 7.09.